The number of aryl methyl sites for hydroxylation is 4. The molecule has 0 saturated carbocycles. The van der Waals surface area contributed by atoms with E-state index in [1.54, 1.807) is 65.0 Å². The first-order chi connectivity index (χ1) is 59.2. The van der Waals surface area contributed by atoms with Gasteiger partial charge in [0.25, 0.3) is 51.6 Å². The average Bonchev–Trinajstić information content (AvgIpc) is 1.64. The second kappa shape index (κ2) is 38.0. The van der Waals surface area contributed by atoms with Gasteiger partial charge in [-0.25, -0.2) is 40.4 Å². The number of aromatic amines is 4. The van der Waals surface area contributed by atoms with Gasteiger partial charge in [0.15, 0.2) is 0 Å². The van der Waals surface area contributed by atoms with E-state index in [1.807, 2.05) is 30.3 Å². The molecule has 0 saturated heterocycles. The number of carbonyl (C=O) groups is 4. The molecule has 13 aromatic rings. The van der Waals surface area contributed by atoms with Gasteiger partial charge in [0.1, 0.15) is 17.2 Å². The Morgan fingerprint density at radius 2 is 0.643 bits per heavy atom. The van der Waals surface area contributed by atoms with Crippen LogP contribution in [0.2, 0.25) is 0 Å². The summed E-state index contributed by atoms with van der Waals surface area (Å²) in [6.45, 7) is 19.1. The van der Waals surface area contributed by atoms with Gasteiger partial charge in [-0.3, -0.25) is 68.9 Å². The fraction of sp³-hybridized carbons (Fsp3) is 0.172. The van der Waals surface area contributed by atoms with E-state index < -0.39 is 80.4 Å². The zero-order valence-corrected chi connectivity index (χ0v) is 68.5. The first kappa shape index (κ1) is 92.3. The minimum Gasteiger partial charge on any atom is -0.508 e. The molecule has 4 heterocycles. The lowest BCUT2D eigenvalue weighted by molar-refractivity contribution is -0.384. The number of H-pyrrole nitrogens is 4. The average molecular weight is 1740 g/mol. The van der Waals surface area contributed by atoms with Crippen molar-refractivity contribution in [2.24, 2.45) is 20.4 Å². The van der Waals surface area contributed by atoms with Crippen LogP contribution in [0.5, 0.6) is 17.2 Å². The van der Waals surface area contributed by atoms with Crippen LogP contribution in [0, 0.1) is 37.8 Å². The van der Waals surface area contributed by atoms with Gasteiger partial charge in [0.05, 0.1) is 101 Å². The highest BCUT2D eigenvalue weighted by Gasteiger charge is 2.33. The number of nitrogens with zero attached hydrogens (tertiary/aromatic N) is 9. The molecule has 0 unspecified atom stereocenters. The van der Waals surface area contributed by atoms with Gasteiger partial charge < -0.3 is 15.3 Å². The Morgan fingerprint density at radius 1 is 0.365 bits per heavy atom. The van der Waals surface area contributed by atoms with E-state index in [0.29, 0.717) is 39.7 Å². The maximum atomic E-state index is 13.0. The van der Waals surface area contributed by atoms with Crippen LogP contribution in [0.4, 0.5) is 45.2 Å². The molecule has 4 amide bonds. The van der Waals surface area contributed by atoms with E-state index in [1.165, 1.54) is 135 Å². The molecule has 0 atom stereocenters. The number of para-hydroxylation sites is 1. The Balaban J connectivity index is 0.000000176. The van der Waals surface area contributed by atoms with E-state index >= 15 is 0 Å². The third-order valence-corrected chi connectivity index (χ3v) is 19.1. The number of hydrogen-bond donors (Lipinski definition) is 11. The SMILES string of the molecule is CC(=NNC(=O)c1cc2ccccc2cc1O)c1c(C)[nH]n(-c2ccc(C(F)(F)F)cc2)c1=O.CC(=NNC(=O)c1ccc(O)cc1)c1c(C)[nH]n(-c2ccc(C(F)(F)F)cc2)c1=O.CC(=NNC(=O)c1ccc([N+](=O)[O-])cc1)c1c(C)[nH]n(-c2ccc(C(C)(C)C)cc2)c1=O.CC(=NNC(=O)c1ccccc1O)c1c(C)[nH]n(-c2ccc(C(F)(F)F)cc2)c1=O. The van der Waals surface area contributed by atoms with E-state index in [2.05, 4.69) is 83.3 Å². The smallest absolute Gasteiger partial charge is 0.416 e. The molecule has 0 spiro atoms. The van der Waals surface area contributed by atoms with Crippen molar-refractivity contribution in [1.29, 1.82) is 0 Å². The molecule has 4 aromatic heterocycles. The predicted molar refractivity (Wildman–Crippen MR) is 452 cm³/mol. The maximum absolute atomic E-state index is 13.0. The van der Waals surface area contributed by atoms with Gasteiger partial charge >= 0.3 is 18.5 Å². The molecule has 30 nitrogen and oxygen atoms in total. The number of nitro groups is 1. The van der Waals surface area contributed by atoms with Crippen molar-refractivity contribution in [3.05, 3.63) is 347 Å². The summed E-state index contributed by atoms with van der Waals surface area (Å²) in [6.07, 6.45) is -13.4. The Bertz CT molecular complexity index is 6660. The summed E-state index contributed by atoms with van der Waals surface area (Å²) in [6, 6.07) is 46.9. The topological polar surface area (TPSA) is 421 Å². The molecule has 0 bridgehead atoms. The summed E-state index contributed by atoms with van der Waals surface area (Å²) in [7, 11) is 0. The number of alkyl halides is 9. The van der Waals surface area contributed by atoms with Gasteiger partial charge in [0.2, 0.25) is 0 Å². The number of amides is 4. The highest BCUT2D eigenvalue weighted by Crippen LogP contribution is 2.33. The van der Waals surface area contributed by atoms with Crippen LogP contribution in [0.15, 0.2) is 246 Å². The molecule has 0 aliphatic rings. The van der Waals surface area contributed by atoms with Gasteiger partial charge in [-0.05, 0) is 223 Å². The summed E-state index contributed by atoms with van der Waals surface area (Å²) in [4.78, 5) is 111. The standard InChI is InChI=1S/C24H19F3N4O3.C23H25N5O4.2C20H17F3N4O3/c1-13(28-29-22(33)19-11-15-5-3-4-6-16(15)12-20(19)32)21-14(2)30-31(23(21)34)18-9-7-17(8-10-18)24(25,26)27;1-14(24-25-21(29)16-6-10-19(11-7-16)28(31)32)20-15(2)26-27(22(20)30)18-12-8-17(9-13-18)23(3,4)5;1-11(24-25-18(29)13-3-9-16(28)10-4-13)17-12(2)26-27(19(17)30)15-7-5-14(6-8-15)20(21,22)23;1-11(24-25-18(29)15-5-3-4-6-16(15)28)17-12(2)26-27(19(17)30)14-9-7-13(8-10-14)20(21,22)23/h3-12,30,32H,1-2H3,(H,29,33);6-13,26H,1-5H3,(H,25,29);2*3-10,26,28H,1-2H3,(H,25,29). The molecular formula is C87H78F9N17O13. The number of benzene rings is 9. The van der Waals surface area contributed by atoms with Gasteiger partial charge in [0, 0.05) is 46.0 Å². The fourth-order valence-corrected chi connectivity index (χ4v) is 12.6. The minimum absolute atomic E-state index is 0.00539. The van der Waals surface area contributed by atoms with Crippen molar-refractivity contribution in [1.82, 2.24) is 60.8 Å². The summed E-state index contributed by atoms with van der Waals surface area (Å²) in [5, 5.41) is 68.8. The lowest BCUT2D eigenvalue weighted by atomic mass is 9.87. The number of hydrazone groups is 4. The number of carbonyl (C=O) groups excluding carboxylic acids is 4. The molecule has 0 aliphatic carbocycles. The number of aromatic hydroxyl groups is 3. The molecule has 0 aliphatic heterocycles. The van der Waals surface area contributed by atoms with Gasteiger partial charge in [-0.1, -0.05) is 69.3 Å². The summed E-state index contributed by atoms with van der Waals surface area (Å²) < 4.78 is 120. The van der Waals surface area contributed by atoms with Gasteiger partial charge in [-0.2, -0.15) is 59.9 Å². The lowest BCUT2D eigenvalue weighted by Crippen LogP contribution is -2.23. The largest absolute Gasteiger partial charge is 0.508 e. The summed E-state index contributed by atoms with van der Waals surface area (Å²) >= 11 is 0. The van der Waals surface area contributed by atoms with Crippen molar-refractivity contribution < 1.29 is 78.9 Å². The van der Waals surface area contributed by atoms with Crippen LogP contribution in [0.1, 0.15) is 157 Å². The minimum atomic E-state index is -4.48. The first-order valence-electron chi connectivity index (χ1n) is 37.6. The van der Waals surface area contributed by atoms with Crippen molar-refractivity contribution in [3.63, 3.8) is 0 Å². The third kappa shape index (κ3) is 21.8. The first-order valence-corrected chi connectivity index (χ1v) is 37.6. The van der Waals surface area contributed by atoms with E-state index in [-0.39, 0.29) is 107 Å². The van der Waals surface area contributed by atoms with E-state index in [0.717, 1.165) is 66.8 Å². The molecule has 0 fully saturated rings. The number of non-ortho nitro benzene ring substituents is 1. The number of nitro benzene ring substituents is 1. The number of halogens is 9. The Labute approximate surface area is 707 Å². The molecule has 9 aromatic carbocycles. The van der Waals surface area contributed by atoms with Crippen LogP contribution in [-0.4, -0.2) is 106 Å². The molecule has 11 N–H and O–H groups in total. The third-order valence-electron chi connectivity index (χ3n) is 19.1. The van der Waals surface area contributed by atoms with Crippen LogP contribution >= 0.6 is 0 Å². The number of fused-ring (bicyclic) bond motifs is 1. The highest BCUT2D eigenvalue weighted by molar-refractivity contribution is 6.06. The monoisotopic (exact) mass is 1740 g/mol. The number of rotatable bonds is 17. The summed E-state index contributed by atoms with van der Waals surface area (Å²) in [5.41, 5.74) is 11.5. The number of phenolic OH excluding ortho intramolecular Hbond substituents is 3. The quantitative estimate of drug-likeness (QED) is 0.0175. The maximum Gasteiger partial charge on any atom is 0.416 e. The molecular weight excluding hydrogens is 1660 g/mol. The van der Waals surface area contributed by atoms with Crippen LogP contribution in [0.3, 0.4) is 0 Å². The molecule has 0 radical (unpaired) electrons. The fourth-order valence-electron chi connectivity index (χ4n) is 12.6. The van der Waals surface area contributed by atoms with Gasteiger partial charge in [-0.15, -0.1) is 0 Å². The Morgan fingerprint density at radius 3 is 0.944 bits per heavy atom. The van der Waals surface area contributed by atoms with Crippen LogP contribution in [-0.2, 0) is 23.9 Å². The Kier molecular flexibility index (Phi) is 27.8. The highest BCUT2D eigenvalue weighted by atomic mass is 19.4. The molecule has 126 heavy (non-hydrogen) atoms. The second-order valence-corrected chi connectivity index (χ2v) is 29.1. The molecule has 13 rings (SSSR count). The van der Waals surface area contributed by atoms with Crippen LogP contribution < -0.4 is 43.9 Å². The molecule has 39 heteroatoms. The van der Waals surface area contributed by atoms with Crippen molar-refractivity contribution in [2.45, 2.75) is 100 Å². The number of nitrogens with one attached hydrogen (secondary N) is 8. The second-order valence-electron chi connectivity index (χ2n) is 29.1. The van der Waals surface area contributed by atoms with E-state index in [9.17, 15) is 103 Å². The van der Waals surface area contributed by atoms with Crippen molar-refractivity contribution in [3.8, 4) is 40.0 Å². The van der Waals surface area contributed by atoms with Crippen LogP contribution in [0.25, 0.3) is 33.5 Å². The zero-order chi connectivity index (χ0) is 92.4. The summed E-state index contributed by atoms with van der Waals surface area (Å²) in [5.74, 6) is -2.83. The normalized spacial score (nSPS) is 12.1. The predicted octanol–water partition coefficient (Wildman–Crippen LogP) is 15.0. The number of hydrogen-bond acceptors (Lipinski definition) is 17. The lowest BCUT2D eigenvalue weighted by Gasteiger charge is -2.19. The van der Waals surface area contributed by atoms with E-state index in [4.69, 9.17) is 0 Å². The molecule has 652 valence electrons. The zero-order valence-electron chi connectivity index (χ0n) is 68.5. The number of phenols is 3. The number of aromatic nitrogens is 8. The Hall–Kier alpha value is -16.0. The van der Waals surface area contributed by atoms with Crippen molar-refractivity contribution in [2.75, 3.05) is 0 Å². The van der Waals surface area contributed by atoms with Crippen molar-refractivity contribution >= 4 is 62.9 Å².